The molecule has 0 fully saturated rings. The number of aryl methyl sites for hydroxylation is 1. The van der Waals surface area contributed by atoms with Gasteiger partial charge in [-0.2, -0.15) is 0 Å². The number of hydrogen-bond acceptors (Lipinski definition) is 4. The molecule has 2 aromatic carbocycles. The van der Waals surface area contributed by atoms with Crippen LogP contribution in [0.15, 0.2) is 64.9 Å². The maximum absolute atomic E-state index is 13.3. The number of nitrogens with one attached hydrogen (secondary N) is 2. The third kappa shape index (κ3) is 4.72. The Kier molecular flexibility index (Phi) is 5.57. The molecule has 2 N–H and O–H groups in total. The third-order valence-corrected chi connectivity index (χ3v) is 6.10. The Morgan fingerprint density at radius 3 is 2.48 bits per heavy atom. The van der Waals surface area contributed by atoms with Crippen molar-refractivity contribution in [1.29, 1.82) is 0 Å². The summed E-state index contributed by atoms with van der Waals surface area (Å²) in [5.74, 6) is -0.709. The minimum Gasteiger partial charge on any atom is -0.347 e. The summed E-state index contributed by atoms with van der Waals surface area (Å²) in [4.78, 5) is 13.2. The molecule has 3 rings (SSSR count). The molecule has 3 aromatic rings. The van der Waals surface area contributed by atoms with Crippen LogP contribution in [0.25, 0.3) is 0 Å². The molecule has 0 aliphatic heterocycles. The highest BCUT2D eigenvalue weighted by Gasteiger charge is 2.16. The molecule has 0 aliphatic carbocycles. The van der Waals surface area contributed by atoms with E-state index >= 15 is 0 Å². The zero-order valence-electron chi connectivity index (χ0n) is 14.4. The zero-order valence-corrected chi connectivity index (χ0v) is 16.0. The average Bonchev–Trinajstić information content (AvgIpc) is 3.16. The summed E-state index contributed by atoms with van der Waals surface area (Å²) in [5.41, 5.74) is 0.981. The van der Waals surface area contributed by atoms with E-state index < -0.39 is 15.8 Å². The Hall–Kier alpha value is -2.71. The molecule has 1 aromatic heterocycles. The van der Waals surface area contributed by atoms with Crippen molar-refractivity contribution in [3.63, 3.8) is 0 Å². The van der Waals surface area contributed by atoms with Gasteiger partial charge in [-0.1, -0.05) is 6.07 Å². The first-order chi connectivity index (χ1) is 12.8. The molecule has 0 spiro atoms. The summed E-state index contributed by atoms with van der Waals surface area (Å²) < 4.78 is 40.6. The van der Waals surface area contributed by atoms with E-state index in [0.717, 1.165) is 10.9 Å². The molecule has 0 bridgehead atoms. The van der Waals surface area contributed by atoms with Crippen LogP contribution >= 0.6 is 11.3 Å². The van der Waals surface area contributed by atoms with E-state index in [9.17, 15) is 17.6 Å². The van der Waals surface area contributed by atoms with E-state index in [1.54, 1.807) is 11.3 Å². The molecule has 8 heteroatoms. The zero-order chi connectivity index (χ0) is 19.4. The Morgan fingerprint density at radius 1 is 1.11 bits per heavy atom. The predicted octanol–water partition coefficient (Wildman–Crippen LogP) is 3.93. The first kappa shape index (κ1) is 19.1. The molecule has 27 heavy (non-hydrogen) atoms. The van der Waals surface area contributed by atoms with Crippen LogP contribution in [0, 0.1) is 12.7 Å². The standard InChI is InChI=1S/C19H17FN2O3S2/c1-13-11-17(8-9-18(13)20)27(24,25)22-15-6-4-14(5-7-15)19(23)21-12-16-3-2-10-26-16/h2-11,22H,12H2,1H3,(H,21,23). The van der Waals surface area contributed by atoms with Gasteiger partial charge in [0.05, 0.1) is 11.4 Å². The topological polar surface area (TPSA) is 75.3 Å². The van der Waals surface area contributed by atoms with Crippen molar-refractivity contribution in [1.82, 2.24) is 5.32 Å². The third-order valence-electron chi connectivity index (χ3n) is 3.84. The van der Waals surface area contributed by atoms with Crippen LogP contribution in [0.2, 0.25) is 0 Å². The van der Waals surface area contributed by atoms with E-state index in [4.69, 9.17) is 0 Å². The van der Waals surface area contributed by atoms with Crippen molar-refractivity contribution < 1.29 is 17.6 Å². The minimum absolute atomic E-state index is 0.0285. The van der Waals surface area contributed by atoms with Gasteiger partial charge in [0, 0.05) is 16.1 Å². The number of anilines is 1. The first-order valence-corrected chi connectivity index (χ1v) is 10.4. The molecule has 1 amide bonds. The molecule has 0 atom stereocenters. The number of carbonyl (C=O) groups is 1. The number of rotatable bonds is 6. The summed E-state index contributed by atoms with van der Waals surface area (Å²) in [6, 6.07) is 13.5. The lowest BCUT2D eigenvalue weighted by Gasteiger charge is -2.10. The largest absolute Gasteiger partial charge is 0.347 e. The summed E-state index contributed by atoms with van der Waals surface area (Å²) in [6.45, 7) is 1.94. The molecule has 1 heterocycles. The second kappa shape index (κ2) is 7.89. The second-order valence-electron chi connectivity index (χ2n) is 5.86. The summed E-state index contributed by atoms with van der Waals surface area (Å²) >= 11 is 1.55. The SMILES string of the molecule is Cc1cc(S(=O)(=O)Nc2ccc(C(=O)NCc3cccs3)cc2)ccc1F. The van der Waals surface area contributed by atoms with Crippen molar-refractivity contribution in [2.75, 3.05) is 4.72 Å². The van der Waals surface area contributed by atoms with Gasteiger partial charge < -0.3 is 5.32 Å². The van der Waals surface area contributed by atoms with E-state index in [0.29, 0.717) is 17.8 Å². The fourth-order valence-corrected chi connectivity index (χ4v) is 4.16. The van der Waals surface area contributed by atoms with Crippen molar-refractivity contribution in [3.05, 3.63) is 81.8 Å². The van der Waals surface area contributed by atoms with Crippen LogP contribution in [0.1, 0.15) is 20.8 Å². The van der Waals surface area contributed by atoms with Gasteiger partial charge in [-0.05, 0) is 66.4 Å². The lowest BCUT2D eigenvalue weighted by molar-refractivity contribution is 0.0951. The molecule has 0 unspecified atom stereocenters. The maximum atomic E-state index is 13.3. The molecule has 0 saturated carbocycles. The maximum Gasteiger partial charge on any atom is 0.261 e. The van der Waals surface area contributed by atoms with E-state index in [1.165, 1.54) is 43.3 Å². The van der Waals surface area contributed by atoms with E-state index in [1.807, 2.05) is 17.5 Å². The predicted molar refractivity (Wildman–Crippen MR) is 104 cm³/mol. The molecule has 0 aliphatic rings. The van der Waals surface area contributed by atoms with Crippen LogP contribution in [0.4, 0.5) is 10.1 Å². The van der Waals surface area contributed by atoms with Crippen LogP contribution in [0.5, 0.6) is 0 Å². The molecular formula is C19H17FN2O3S2. The van der Waals surface area contributed by atoms with Gasteiger partial charge in [0.1, 0.15) is 5.82 Å². The average molecular weight is 404 g/mol. The lowest BCUT2D eigenvalue weighted by Crippen LogP contribution is -2.22. The Balaban J connectivity index is 1.67. The number of amides is 1. The fraction of sp³-hybridized carbons (Fsp3) is 0.105. The number of thiophene rings is 1. The van der Waals surface area contributed by atoms with Crippen molar-refractivity contribution in [2.24, 2.45) is 0 Å². The Bertz CT molecular complexity index is 1050. The first-order valence-electron chi connectivity index (χ1n) is 8.05. The lowest BCUT2D eigenvalue weighted by atomic mass is 10.2. The molecule has 0 saturated heterocycles. The quantitative estimate of drug-likeness (QED) is 0.654. The number of halogens is 1. The van der Waals surface area contributed by atoms with Gasteiger partial charge in [-0.15, -0.1) is 11.3 Å². The van der Waals surface area contributed by atoms with E-state index in [2.05, 4.69) is 10.0 Å². The minimum atomic E-state index is -3.84. The van der Waals surface area contributed by atoms with Crippen LogP contribution in [-0.4, -0.2) is 14.3 Å². The molecule has 0 radical (unpaired) electrons. The van der Waals surface area contributed by atoms with Crippen molar-refractivity contribution >= 4 is 33.0 Å². The number of benzene rings is 2. The highest BCUT2D eigenvalue weighted by Crippen LogP contribution is 2.19. The molecular weight excluding hydrogens is 387 g/mol. The van der Waals surface area contributed by atoms with E-state index in [-0.39, 0.29) is 16.4 Å². The Labute approximate surface area is 160 Å². The summed E-state index contributed by atoms with van der Waals surface area (Å²) in [6.07, 6.45) is 0. The van der Waals surface area contributed by atoms with Crippen LogP contribution in [-0.2, 0) is 16.6 Å². The summed E-state index contributed by atoms with van der Waals surface area (Å²) in [5, 5.41) is 4.74. The highest BCUT2D eigenvalue weighted by atomic mass is 32.2. The molecule has 140 valence electrons. The second-order valence-corrected chi connectivity index (χ2v) is 8.57. The van der Waals surface area contributed by atoms with Gasteiger partial charge in [0.25, 0.3) is 15.9 Å². The van der Waals surface area contributed by atoms with Crippen molar-refractivity contribution in [3.8, 4) is 0 Å². The van der Waals surface area contributed by atoms with Gasteiger partial charge in [-0.25, -0.2) is 12.8 Å². The number of sulfonamides is 1. The smallest absolute Gasteiger partial charge is 0.261 e. The fourth-order valence-electron chi connectivity index (χ4n) is 2.37. The van der Waals surface area contributed by atoms with Gasteiger partial charge in [-0.3, -0.25) is 9.52 Å². The van der Waals surface area contributed by atoms with Gasteiger partial charge in [0.2, 0.25) is 0 Å². The van der Waals surface area contributed by atoms with Gasteiger partial charge >= 0.3 is 0 Å². The Morgan fingerprint density at radius 2 is 1.85 bits per heavy atom. The normalized spacial score (nSPS) is 11.2. The van der Waals surface area contributed by atoms with Crippen molar-refractivity contribution in [2.45, 2.75) is 18.4 Å². The number of carbonyl (C=O) groups excluding carboxylic acids is 1. The summed E-state index contributed by atoms with van der Waals surface area (Å²) in [7, 11) is -3.84. The molecule has 5 nitrogen and oxygen atoms in total. The number of hydrogen-bond donors (Lipinski definition) is 2. The highest BCUT2D eigenvalue weighted by molar-refractivity contribution is 7.92. The van der Waals surface area contributed by atoms with Crippen LogP contribution in [0.3, 0.4) is 0 Å². The monoisotopic (exact) mass is 404 g/mol. The van der Waals surface area contributed by atoms with Gasteiger partial charge in [0.15, 0.2) is 0 Å². The van der Waals surface area contributed by atoms with Crippen LogP contribution < -0.4 is 10.0 Å².